The number of halogens is 2. The topological polar surface area (TPSA) is 46.6 Å². The zero-order chi connectivity index (χ0) is 20.6. The quantitative estimate of drug-likeness (QED) is 0.573. The molecule has 0 radical (unpaired) electrons. The van der Waals surface area contributed by atoms with Gasteiger partial charge in [0.05, 0.1) is 11.1 Å². The van der Waals surface area contributed by atoms with Crippen LogP contribution in [0.5, 0.6) is 5.75 Å². The molecule has 150 valence electrons. The second kappa shape index (κ2) is 7.78. The number of benzene rings is 3. The molecule has 0 spiro atoms. The molecule has 3 aromatic carbocycles. The first-order chi connectivity index (χ1) is 13.9. The molecule has 3 aromatic rings. The Morgan fingerprint density at radius 1 is 1.03 bits per heavy atom. The molecule has 0 N–H and O–H groups in total. The molecule has 0 amide bonds. The Hall–Kier alpha value is -2.41. The third kappa shape index (κ3) is 3.75. The Balaban J connectivity index is 1.88. The van der Waals surface area contributed by atoms with Gasteiger partial charge in [-0.05, 0) is 42.3 Å². The molecule has 29 heavy (non-hydrogen) atoms. The molecule has 1 aliphatic rings. The molecular weight excluding hydrogens is 413 g/mol. The standard InChI is InChI=1S/C22H19ClFNO3S/c1-15-21(17-8-3-2-4-9-17)28-22-19(23)11-6-12-20(22)29(26,27)25(15)14-16-7-5-10-18(24)13-16/h2-13,15,21H,14H2,1H3/t15-,21-/m0/s1. The van der Waals surface area contributed by atoms with Gasteiger partial charge in [0.25, 0.3) is 0 Å². The molecule has 0 bridgehead atoms. The molecule has 0 unspecified atom stereocenters. The van der Waals surface area contributed by atoms with E-state index in [-0.39, 0.29) is 22.2 Å². The molecule has 2 atom stereocenters. The van der Waals surface area contributed by atoms with Crippen LogP contribution in [0.1, 0.15) is 24.2 Å². The predicted molar refractivity (Wildman–Crippen MR) is 110 cm³/mol. The van der Waals surface area contributed by atoms with Crippen molar-refractivity contribution >= 4 is 21.6 Å². The van der Waals surface area contributed by atoms with Crippen LogP contribution in [0.3, 0.4) is 0 Å². The summed E-state index contributed by atoms with van der Waals surface area (Å²) in [7, 11) is -3.94. The minimum atomic E-state index is -3.94. The van der Waals surface area contributed by atoms with E-state index in [1.165, 1.54) is 22.5 Å². The molecule has 1 heterocycles. The molecule has 0 fully saturated rings. The number of ether oxygens (including phenoxy) is 1. The van der Waals surface area contributed by atoms with Crippen molar-refractivity contribution in [2.24, 2.45) is 0 Å². The van der Waals surface area contributed by atoms with Crippen molar-refractivity contribution in [3.8, 4) is 5.75 Å². The molecule has 1 aliphatic heterocycles. The first kappa shape index (κ1) is 19.9. The molecule has 0 saturated carbocycles. The number of nitrogens with zero attached hydrogens (tertiary/aromatic N) is 1. The van der Waals surface area contributed by atoms with Crippen molar-refractivity contribution in [1.29, 1.82) is 0 Å². The van der Waals surface area contributed by atoms with Gasteiger partial charge in [0, 0.05) is 6.54 Å². The highest BCUT2D eigenvalue weighted by atomic mass is 35.5. The molecule has 4 nitrogen and oxygen atoms in total. The maximum Gasteiger partial charge on any atom is 0.247 e. The highest BCUT2D eigenvalue weighted by molar-refractivity contribution is 7.89. The van der Waals surface area contributed by atoms with E-state index in [9.17, 15) is 12.8 Å². The summed E-state index contributed by atoms with van der Waals surface area (Å²) >= 11 is 6.31. The minimum Gasteiger partial charge on any atom is -0.481 e. The van der Waals surface area contributed by atoms with Gasteiger partial charge in [-0.25, -0.2) is 12.8 Å². The van der Waals surface area contributed by atoms with Crippen molar-refractivity contribution in [3.05, 3.63) is 94.8 Å². The van der Waals surface area contributed by atoms with Gasteiger partial charge in [-0.1, -0.05) is 60.1 Å². The van der Waals surface area contributed by atoms with Crippen LogP contribution in [0.25, 0.3) is 0 Å². The highest BCUT2D eigenvalue weighted by Crippen LogP contribution is 2.43. The van der Waals surface area contributed by atoms with Crippen LogP contribution in [0.15, 0.2) is 77.7 Å². The Labute approximate surface area is 174 Å². The first-order valence-electron chi connectivity index (χ1n) is 9.14. The number of hydrogen-bond acceptors (Lipinski definition) is 3. The lowest BCUT2D eigenvalue weighted by molar-refractivity contribution is 0.124. The van der Waals surface area contributed by atoms with Gasteiger partial charge in [0.2, 0.25) is 10.0 Å². The van der Waals surface area contributed by atoms with Crippen LogP contribution in [0, 0.1) is 5.82 Å². The zero-order valence-electron chi connectivity index (χ0n) is 15.6. The van der Waals surface area contributed by atoms with E-state index in [2.05, 4.69) is 0 Å². The summed E-state index contributed by atoms with van der Waals surface area (Å²) < 4.78 is 48.3. The number of rotatable bonds is 3. The number of fused-ring (bicyclic) bond motifs is 1. The summed E-state index contributed by atoms with van der Waals surface area (Å²) in [6.45, 7) is 1.80. The Bertz CT molecular complexity index is 1140. The monoisotopic (exact) mass is 431 g/mol. The van der Waals surface area contributed by atoms with Gasteiger partial charge in [0.15, 0.2) is 5.75 Å². The maximum absolute atomic E-state index is 13.7. The normalized spacial score (nSPS) is 21.1. The van der Waals surface area contributed by atoms with Crippen LogP contribution >= 0.6 is 11.6 Å². The summed E-state index contributed by atoms with van der Waals surface area (Å²) in [5, 5.41) is 0.229. The third-order valence-corrected chi connectivity index (χ3v) is 7.26. The van der Waals surface area contributed by atoms with Crippen molar-refractivity contribution in [2.45, 2.75) is 30.5 Å². The smallest absolute Gasteiger partial charge is 0.247 e. The lowest BCUT2D eigenvalue weighted by atomic mass is 10.0. The second-order valence-corrected chi connectivity index (χ2v) is 9.20. The van der Waals surface area contributed by atoms with E-state index in [0.717, 1.165) is 5.56 Å². The van der Waals surface area contributed by atoms with E-state index in [1.807, 2.05) is 30.3 Å². The molecule has 0 saturated heterocycles. The first-order valence-corrected chi connectivity index (χ1v) is 11.0. The fraction of sp³-hybridized carbons (Fsp3) is 0.182. The highest BCUT2D eigenvalue weighted by Gasteiger charge is 2.41. The van der Waals surface area contributed by atoms with Crippen molar-refractivity contribution < 1.29 is 17.5 Å². The number of para-hydroxylation sites is 1. The van der Waals surface area contributed by atoms with E-state index < -0.39 is 28.0 Å². The van der Waals surface area contributed by atoms with Gasteiger partial charge < -0.3 is 4.74 Å². The zero-order valence-corrected chi connectivity index (χ0v) is 17.2. The summed E-state index contributed by atoms with van der Waals surface area (Å²) in [5.74, 6) is -0.279. The van der Waals surface area contributed by atoms with Gasteiger partial charge in [0.1, 0.15) is 16.8 Å². The predicted octanol–water partition coefficient (Wildman–Crippen LogP) is 5.19. The number of sulfonamides is 1. The SMILES string of the molecule is C[C@H]1[C@@H](c2ccccc2)Oc2c(Cl)cccc2S(=O)(=O)N1Cc1cccc(F)c1. The molecule has 4 rings (SSSR count). The number of hydrogen-bond donors (Lipinski definition) is 0. The van der Waals surface area contributed by atoms with Crippen molar-refractivity contribution in [2.75, 3.05) is 0 Å². The summed E-state index contributed by atoms with van der Waals surface area (Å²) in [6.07, 6.45) is -0.583. The second-order valence-electron chi connectivity index (χ2n) is 6.94. The van der Waals surface area contributed by atoms with E-state index in [1.54, 1.807) is 31.2 Å². The molecule has 7 heteroatoms. The molecule has 0 aromatic heterocycles. The lowest BCUT2D eigenvalue weighted by Crippen LogP contribution is -2.41. The largest absolute Gasteiger partial charge is 0.481 e. The van der Waals surface area contributed by atoms with E-state index >= 15 is 0 Å². The van der Waals surface area contributed by atoms with Gasteiger partial charge >= 0.3 is 0 Å². The van der Waals surface area contributed by atoms with Gasteiger partial charge in [-0.3, -0.25) is 0 Å². The average molecular weight is 432 g/mol. The maximum atomic E-state index is 13.7. The summed E-state index contributed by atoms with van der Waals surface area (Å²) in [5.41, 5.74) is 1.38. The Morgan fingerprint density at radius 2 is 1.76 bits per heavy atom. The van der Waals surface area contributed by atoms with Gasteiger partial charge in [-0.2, -0.15) is 4.31 Å². The molecular formula is C22H19ClFNO3S. The summed E-state index contributed by atoms with van der Waals surface area (Å²) in [4.78, 5) is 0.00619. The average Bonchev–Trinajstić information content (AvgIpc) is 2.78. The van der Waals surface area contributed by atoms with Crippen LogP contribution in [-0.4, -0.2) is 18.8 Å². The Morgan fingerprint density at radius 3 is 2.48 bits per heavy atom. The fourth-order valence-electron chi connectivity index (χ4n) is 3.56. The summed E-state index contributed by atoms with van der Waals surface area (Å²) in [6, 6.07) is 19.4. The minimum absolute atomic E-state index is 0.00619. The Kier molecular flexibility index (Phi) is 5.34. The van der Waals surface area contributed by atoms with Gasteiger partial charge in [-0.15, -0.1) is 0 Å². The lowest BCUT2D eigenvalue weighted by Gasteiger charge is -2.30. The van der Waals surface area contributed by atoms with Crippen molar-refractivity contribution in [3.63, 3.8) is 0 Å². The van der Waals surface area contributed by atoms with Crippen LogP contribution < -0.4 is 4.74 Å². The third-order valence-electron chi connectivity index (χ3n) is 5.01. The van der Waals surface area contributed by atoms with E-state index in [0.29, 0.717) is 5.56 Å². The molecule has 0 aliphatic carbocycles. The van der Waals surface area contributed by atoms with Crippen LogP contribution in [0.2, 0.25) is 5.02 Å². The fourth-order valence-corrected chi connectivity index (χ4v) is 5.60. The van der Waals surface area contributed by atoms with Crippen LogP contribution in [0.4, 0.5) is 4.39 Å². The van der Waals surface area contributed by atoms with Crippen molar-refractivity contribution in [1.82, 2.24) is 4.31 Å². The van der Waals surface area contributed by atoms with Crippen LogP contribution in [-0.2, 0) is 16.6 Å². The van der Waals surface area contributed by atoms with E-state index in [4.69, 9.17) is 16.3 Å².